The molecule has 0 aliphatic carbocycles. The third-order valence-corrected chi connectivity index (χ3v) is 5.37. The van der Waals surface area contributed by atoms with E-state index in [2.05, 4.69) is 0 Å². The van der Waals surface area contributed by atoms with Crippen molar-refractivity contribution in [2.45, 2.75) is 12.5 Å². The molecule has 2 aliphatic heterocycles. The molecule has 162 valence electrons. The Balaban J connectivity index is 1.84. The summed E-state index contributed by atoms with van der Waals surface area (Å²) in [5, 5.41) is 11.1. The Morgan fingerprint density at radius 2 is 1.90 bits per heavy atom. The van der Waals surface area contributed by atoms with Crippen LogP contribution in [-0.2, 0) is 14.3 Å². The quantitative estimate of drug-likeness (QED) is 0.315. The van der Waals surface area contributed by atoms with Crippen molar-refractivity contribution in [2.75, 3.05) is 34.2 Å². The number of fused-ring (bicyclic) bond motifs is 1. The molecule has 1 unspecified atom stereocenters. The Kier molecular flexibility index (Phi) is 5.81. The molecule has 1 saturated heterocycles. The van der Waals surface area contributed by atoms with Crippen molar-refractivity contribution in [1.29, 1.82) is 0 Å². The van der Waals surface area contributed by atoms with Crippen molar-refractivity contribution in [3.05, 3.63) is 59.2 Å². The number of Topliss-reactive ketones (excluding diaryl/α,β-unsaturated/α-hetero) is 1. The summed E-state index contributed by atoms with van der Waals surface area (Å²) >= 11 is 0. The van der Waals surface area contributed by atoms with Gasteiger partial charge in [-0.25, -0.2) is 0 Å². The van der Waals surface area contributed by atoms with E-state index in [1.807, 2.05) is 0 Å². The van der Waals surface area contributed by atoms with Gasteiger partial charge in [0.1, 0.15) is 11.5 Å². The summed E-state index contributed by atoms with van der Waals surface area (Å²) in [6, 6.07) is 11.2. The molecule has 0 radical (unpaired) electrons. The topological polar surface area (TPSA) is 94.5 Å². The summed E-state index contributed by atoms with van der Waals surface area (Å²) < 4.78 is 21.3. The molecule has 0 saturated carbocycles. The van der Waals surface area contributed by atoms with Gasteiger partial charge in [-0.05, 0) is 30.7 Å². The van der Waals surface area contributed by atoms with Crippen LogP contribution in [0, 0.1) is 0 Å². The second-order valence-electron chi connectivity index (χ2n) is 7.15. The maximum atomic E-state index is 13.0. The molecule has 1 amide bonds. The normalized spacial score (nSPS) is 19.2. The van der Waals surface area contributed by atoms with Crippen molar-refractivity contribution < 1.29 is 33.6 Å². The minimum atomic E-state index is -0.793. The highest BCUT2D eigenvalue weighted by Gasteiger charge is 2.46. The molecule has 0 spiro atoms. The van der Waals surface area contributed by atoms with Gasteiger partial charge < -0.3 is 29.0 Å². The van der Waals surface area contributed by atoms with Crippen LogP contribution >= 0.6 is 0 Å². The number of ether oxygens (including phenoxy) is 4. The molecule has 0 bridgehead atoms. The number of carbonyl (C=O) groups excluding carboxylic acids is 2. The number of aliphatic hydroxyl groups is 1. The second kappa shape index (κ2) is 8.69. The van der Waals surface area contributed by atoms with Crippen molar-refractivity contribution >= 4 is 17.4 Å². The summed E-state index contributed by atoms with van der Waals surface area (Å²) in [7, 11) is 3.10. The Morgan fingerprint density at radius 1 is 1.13 bits per heavy atom. The fraction of sp³-hybridized carbons (Fsp3) is 0.304. The molecule has 1 atom stereocenters. The molecular formula is C23H23NO7. The van der Waals surface area contributed by atoms with Crippen LogP contribution in [-0.4, -0.2) is 55.9 Å². The molecule has 2 aromatic rings. The third kappa shape index (κ3) is 3.70. The summed E-state index contributed by atoms with van der Waals surface area (Å²) in [5.41, 5.74) is 0.980. The van der Waals surface area contributed by atoms with Crippen molar-refractivity contribution in [3.63, 3.8) is 0 Å². The molecule has 4 rings (SSSR count). The van der Waals surface area contributed by atoms with E-state index in [9.17, 15) is 14.7 Å². The summed E-state index contributed by atoms with van der Waals surface area (Å²) in [5.74, 6) is -0.160. The molecule has 2 aliphatic rings. The SMILES string of the molecule is COCCCN1C(=O)C(=O)/C(=C(/O)c2ccc3c(c2)OCO3)C1c1ccccc1OC. The van der Waals surface area contributed by atoms with E-state index in [1.165, 1.54) is 12.0 Å². The van der Waals surface area contributed by atoms with Crippen LogP contribution in [0.5, 0.6) is 17.2 Å². The predicted molar refractivity (Wildman–Crippen MR) is 111 cm³/mol. The number of carbonyl (C=O) groups is 2. The van der Waals surface area contributed by atoms with Gasteiger partial charge in [-0.2, -0.15) is 0 Å². The lowest BCUT2D eigenvalue weighted by Gasteiger charge is -2.26. The Hall–Kier alpha value is -3.52. The number of amides is 1. The van der Waals surface area contributed by atoms with Crippen LogP contribution in [0.2, 0.25) is 0 Å². The van der Waals surface area contributed by atoms with E-state index in [4.69, 9.17) is 18.9 Å². The number of benzene rings is 2. The number of ketones is 1. The predicted octanol–water partition coefficient (Wildman–Crippen LogP) is 2.88. The van der Waals surface area contributed by atoms with Gasteiger partial charge in [-0.3, -0.25) is 9.59 Å². The van der Waals surface area contributed by atoms with E-state index in [-0.39, 0.29) is 18.1 Å². The fourth-order valence-corrected chi connectivity index (χ4v) is 3.90. The van der Waals surface area contributed by atoms with Gasteiger partial charge in [0, 0.05) is 31.4 Å². The number of hydrogen-bond donors (Lipinski definition) is 1. The van der Waals surface area contributed by atoms with Crippen LogP contribution in [0.15, 0.2) is 48.0 Å². The van der Waals surface area contributed by atoms with Gasteiger partial charge in [-0.15, -0.1) is 0 Å². The maximum Gasteiger partial charge on any atom is 0.295 e. The summed E-state index contributed by atoms with van der Waals surface area (Å²) in [6.45, 7) is 0.813. The smallest absolute Gasteiger partial charge is 0.295 e. The molecule has 8 heteroatoms. The van der Waals surface area contributed by atoms with Gasteiger partial charge in [0.25, 0.3) is 11.7 Å². The molecule has 1 fully saturated rings. The molecule has 2 heterocycles. The molecule has 1 N–H and O–H groups in total. The van der Waals surface area contributed by atoms with E-state index in [0.29, 0.717) is 47.9 Å². The minimum absolute atomic E-state index is 0.00535. The Labute approximate surface area is 179 Å². The van der Waals surface area contributed by atoms with Gasteiger partial charge >= 0.3 is 0 Å². The van der Waals surface area contributed by atoms with E-state index in [0.717, 1.165) is 0 Å². The fourth-order valence-electron chi connectivity index (χ4n) is 3.90. The van der Waals surface area contributed by atoms with Crippen molar-refractivity contribution in [2.24, 2.45) is 0 Å². The third-order valence-electron chi connectivity index (χ3n) is 5.37. The van der Waals surface area contributed by atoms with Gasteiger partial charge in [0.15, 0.2) is 11.5 Å². The van der Waals surface area contributed by atoms with Crippen LogP contribution in [0.4, 0.5) is 0 Å². The largest absolute Gasteiger partial charge is 0.507 e. The number of hydrogen-bond acceptors (Lipinski definition) is 7. The number of rotatable bonds is 7. The summed E-state index contributed by atoms with van der Waals surface area (Å²) in [6.07, 6.45) is 0.541. The maximum absolute atomic E-state index is 13.0. The highest BCUT2D eigenvalue weighted by atomic mass is 16.7. The molecule has 2 aromatic carbocycles. The molecule has 0 aromatic heterocycles. The lowest BCUT2D eigenvalue weighted by Crippen LogP contribution is -2.31. The first-order valence-corrected chi connectivity index (χ1v) is 9.87. The Bertz CT molecular complexity index is 1050. The average molecular weight is 425 g/mol. The zero-order valence-electron chi connectivity index (χ0n) is 17.3. The first-order valence-electron chi connectivity index (χ1n) is 9.87. The van der Waals surface area contributed by atoms with Gasteiger partial charge in [0.05, 0.1) is 18.7 Å². The second-order valence-corrected chi connectivity index (χ2v) is 7.15. The number of methoxy groups -OCH3 is 2. The highest BCUT2D eigenvalue weighted by Crippen LogP contribution is 2.43. The lowest BCUT2D eigenvalue weighted by molar-refractivity contribution is -0.140. The van der Waals surface area contributed by atoms with E-state index in [1.54, 1.807) is 49.6 Å². The standard InChI is InChI=1S/C23H23NO7/c1-28-11-5-10-24-20(15-6-3-4-7-16(15)29-2)19(22(26)23(24)27)21(25)14-8-9-17-18(12-14)31-13-30-17/h3-4,6-9,12,20,25H,5,10-11,13H2,1-2H3/b21-19+. The van der Waals surface area contributed by atoms with Crippen molar-refractivity contribution in [3.8, 4) is 17.2 Å². The van der Waals surface area contributed by atoms with E-state index < -0.39 is 17.7 Å². The number of aliphatic hydroxyl groups excluding tert-OH is 1. The van der Waals surface area contributed by atoms with Crippen LogP contribution in [0.3, 0.4) is 0 Å². The highest BCUT2D eigenvalue weighted by molar-refractivity contribution is 6.46. The number of para-hydroxylation sites is 1. The van der Waals surface area contributed by atoms with Crippen LogP contribution in [0.1, 0.15) is 23.6 Å². The minimum Gasteiger partial charge on any atom is -0.507 e. The monoisotopic (exact) mass is 425 g/mol. The average Bonchev–Trinajstić information content (AvgIpc) is 3.36. The summed E-state index contributed by atoms with van der Waals surface area (Å²) in [4.78, 5) is 27.4. The van der Waals surface area contributed by atoms with Crippen molar-refractivity contribution in [1.82, 2.24) is 4.90 Å². The molecule has 8 nitrogen and oxygen atoms in total. The van der Waals surface area contributed by atoms with Gasteiger partial charge in [0.2, 0.25) is 6.79 Å². The van der Waals surface area contributed by atoms with Crippen LogP contribution < -0.4 is 14.2 Å². The number of likely N-dealkylation sites (tertiary alicyclic amines) is 1. The van der Waals surface area contributed by atoms with E-state index >= 15 is 0 Å². The first-order chi connectivity index (χ1) is 15.1. The first kappa shape index (κ1) is 20.7. The lowest BCUT2D eigenvalue weighted by atomic mass is 9.94. The molecular weight excluding hydrogens is 402 g/mol. The molecule has 31 heavy (non-hydrogen) atoms. The zero-order chi connectivity index (χ0) is 22.0. The van der Waals surface area contributed by atoms with Gasteiger partial charge in [-0.1, -0.05) is 18.2 Å². The number of nitrogens with zero attached hydrogens (tertiary/aromatic N) is 1. The zero-order valence-corrected chi connectivity index (χ0v) is 17.3. The Morgan fingerprint density at radius 3 is 2.68 bits per heavy atom. The van der Waals surface area contributed by atoms with Crippen LogP contribution in [0.25, 0.3) is 5.76 Å².